The second kappa shape index (κ2) is 7.71. The zero-order valence-electron chi connectivity index (χ0n) is 11.3. The number of nitrogens with zero attached hydrogens (tertiary/aromatic N) is 1. The summed E-state index contributed by atoms with van der Waals surface area (Å²) in [6.07, 6.45) is -5.89. The van der Waals surface area contributed by atoms with Gasteiger partial charge in [0.2, 0.25) is 5.91 Å². The molecule has 0 radical (unpaired) electrons. The van der Waals surface area contributed by atoms with Gasteiger partial charge in [-0.05, 0) is 6.92 Å². The van der Waals surface area contributed by atoms with Crippen LogP contribution >= 0.6 is 0 Å². The Morgan fingerprint density at radius 2 is 1.60 bits per heavy atom. The first-order valence-corrected chi connectivity index (χ1v) is 5.63. The van der Waals surface area contributed by atoms with Gasteiger partial charge in [0, 0.05) is 6.54 Å². The number of alkyl halides is 3. The molecule has 1 amide bonds. The van der Waals surface area contributed by atoms with Gasteiger partial charge in [-0.3, -0.25) is 14.4 Å². The molecule has 1 unspecified atom stereocenters. The largest absolute Gasteiger partial charge is 0.469 e. The zero-order valence-corrected chi connectivity index (χ0v) is 11.3. The third kappa shape index (κ3) is 5.89. The van der Waals surface area contributed by atoms with Crippen molar-refractivity contribution in [2.45, 2.75) is 32.0 Å². The van der Waals surface area contributed by atoms with E-state index in [9.17, 15) is 27.6 Å². The monoisotopic (exact) mass is 299 g/mol. The van der Waals surface area contributed by atoms with E-state index in [-0.39, 0.29) is 0 Å². The van der Waals surface area contributed by atoms with Gasteiger partial charge in [0.05, 0.1) is 20.6 Å². The smallest absolute Gasteiger partial charge is 0.408 e. The van der Waals surface area contributed by atoms with Crippen molar-refractivity contribution in [3.05, 3.63) is 0 Å². The molecule has 20 heavy (non-hydrogen) atoms. The fraction of sp³-hybridized carbons (Fsp3) is 0.727. The van der Waals surface area contributed by atoms with Crippen molar-refractivity contribution >= 4 is 17.8 Å². The van der Waals surface area contributed by atoms with Gasteiger partial charge < -0.3 is 14.4 Å². The minimum atomic E-state index is -4.66. The number of esters is 2. The Kier molecular flexibility index (Phi) is 7.01. The van der Waals surface area contributed by atoms with Crippen LogP contribution in [0.1, 0.15) is 19.8 Å². The number of carbonyl (C=O) groups excluding carboxylic acids is 3. The SMILES string of the molecule is COC(=O)CCN(C(=O)CC(=O)OC)C(C)C(F)(F)F. The lowest BCUT2D eigenvalue weighted by atomic mass is 10.2. The van der Waals surface area contributed by atoms with Gasteiger partial charge in [0.1, 0.15) is 12.5 Å². The first-order chi connectivity index (χ1) is 9.13. The topological polar surface area (TPSA) is 72.9 Å². The van der Waals surface area contributed by atoms with E-state index in [0.717, 1.165) is 21.1 Å². The fourth-order valence-corrected chi connectivity index (χ4v) is 1.32. The van der Waals surface area contributed by atoms with E-state index in [1.54, 1.807) is 0 Å². The van der Waals surface area contributed by atoms with Gasteiger partial charge in [-0.25, -0.2) is 0 Å². The molecule has 9 heteroatoms. The van der Waals surface area contributed by atoms with Crippen LogP contribution in [0.4, 0.5) is 13.2 Å². The van der Waals surface area contributed by atoms with Crippen LogP contribution in [0.5, 0.6) is 0 Å². The summed E-state index contributed by atoms with van der Waals surface area (Å²) < 4.78 is 46.5. The van der Waals surface area contributed by atoms with Gasteiger partial charge >= 0.3 is 18.1 Å². The standard InChI is InChI=1S/C11H16F3NO5/c1-7(11(12,13)14)15(5-4-9(17)19-2)8(16)6-10(18)20-3/h7H,4-6H2,1-3H3. The van der Waals surface area contributed by atoms with Crippen LogP contribution in [0, 0.1) is 0 Å². The molecular formula is C11H16F3NO5. The summed E-state index contributed by atoms with van der Waals surface area (Å²) >= 11 is 0. The third-order valence-electron chi connectivity index (χ3n) is 2.57. The Morgan fingerprint density at radius 1 is 1.10 bits per heavy atom. The van der Waals surface area contributed by atoms with Crippen molar-refractivity contribution in [2.75, 3.05) is 20.8 Å². The molecule has 0 aliphatic carbocycles. The number of carbonyl (C=O) groups is 3. The van der Waals surface area contributed by atoms with Gasteiger partial charge in [-0.15, -0.1) is 0 Å². The molecule has 0 rings (SSSR count). The second-order valence-corrected chi connectivity index (χ2v) is 3.88. The highest BCUT2D eigenvalue weighted by molar-refractivity contribution is 5.94. The second-order valence-electron chi connectivity index (χ2n) is 3.88. The van der Waals surface area contributed by atoms with Crippen molar-refractivity contribution in [1.29, 1.82) is 0 Å². The maximum atomic E-state index is 12.7. The van der Waals surface area contributed by atoms with Gasteiger partial charge in [-0.2, -0.15) is 13.2 Å². The molecule has 0 aromatic heterocycles. The Bertz CT molecular complexity index is 370. The lowest BCUT2D eigenvalue weighted by Gasteiger charge is -2.30. The van der Waals surface area contributed by atoms with Crippen molar-refractivity contribution in [1.82, 2.24) is 4.90 Å². The lowest BCUT2D eigenvalue weighted by Crippen LogP contribution is -2.48. The number of ether oxygens (including phenoxy) is 2. The van der Waals surface area contributed by atoms with Gasteiger partial charge in [0.15, 0.2) is 0 Å². The maximum Gasteiger partial charge on any atom is 0.408 e. The van der Waals surface area contributed by atoms with Gasteiger partial charge in [-0.1, -0.05) is 0 Å². The van der Waals surface area contributed by atoms with E-state index in [1.165, 1.54) is 0 Å². The van der Waals surface area contributed by atoms with E-state index in [1.807, 2.05) is 0 Å². The molecule has 0 aromatic carbocycles. The average molecular weight is 299 g/mol. The molecule has 1 atom stereocenters. The van der Waals surface area contributed by atoms with E-state index in [2.05, 4.69) is 9.47 Å². The van der Waals surface area contributed by atoms with E-state index >= 15 is 0 Å². The highest BCUT2D eigenvalue weighted by Crippen LogP contribution is 2.25. The van der Waals surface area contributed by atoms with E-state index in [4.69, 9.17) is 0 Å². The van der Waals surface area contributed by atoms with Crippen LogP contribution < -0.4 is 0 Å². The first kappa shape index (κ1) is 18.2. The zero-order chi connectivity index (χ0) is 15.9. The fourth-order valence-electron chi connectivity index (χ4n) is 1.32. The molecule has 0 spiro atoms. The lowest BCUT2D eigenvalue weighted by molar-refractivity contribution is -0.187. The summed E-state index contributed by atoms with van der Waals surface area (Å²) in [6.45, 7) is 0.273. The molecule has 0 aromatic rings. The summed E-state index contributed by atoms with van der Waals surface area (Å²) in [7, 11) is 2.09. The summed E-state index contributed by atoms with van der Waals surface area (Å²) in [5, 5.41) is 0. The highest BCUT2D eigenvalue weighted by Gasteiger charge is 2.42. The predicted octanol–water partition coefficient (Wildman–Crippen LogP) is 0.892. The minimum Gasteiger partial charge on any atom is -0.469 e. The molecule has 0 aliphatic rings. The van der Waals surface area contributed by atoms with Crippen LogP contribution in [0.25, 0.3) is 0 Å². The number of amides is 1. The Balaban J connectivity index is 4.91. The molecule has 0 aliphatic heterocycles. The number of halogens is 3. The summed E-state index contributed by atoms with van der Waals surface area (Å²) in [5.41, 5.74) is 0. The van der Waals surface area contributed by atoms with Gasteiger partial charge in [0.25, 0.3) is 0 Å². The first-order valence-electron chi connectivity index (χ1n) is 5.63. The summed E-state index contributed by atoms with van der Waals surface area (Å²) in [6, 6.07) is -2.12. The van der Waals surface area contributed by atoms with E-state index in [0.29, 0.717) is 4.90 Å². The van der Waals surface area contributed by atoms with Crippen LogP contribution in [-0.2, 0) is 23.9 Å². The molecule has 0 saturated heterocycles. The molecular weight excluding hydrogens is 283 g/mol. The van der Waals surface area contributed by atoms with Crippen molar-refractivity contribution in [3.8, 4) is 0 Å². The Hall–Kier alpha value is -1.80. The highest BCUT2D eigenvalue weighted by atomic mass is 19.4. The molecule has 0 fully saturated rings. The number of hydrogen-bond acceptors (Lipinski definition) is 5. The number of rotatable bonds is 6. The van der Waals surface area contributed by atoms with Crippen LogP contribution in [-0.4, -0.2) is 55.7 Å². The quantitative estimate of drug-likeness (QED) is 0.538. The van der Waals surface area contributed by atoms with Crippen molar-refractivity contribution in [3.63, 3.8) is 0 Å². The minimum absolute atomic E-state index is 0.399. The molecule has 0 heterocycles. The molecule has 0 bridgehead atoms. The molecule has 0 saturated carbocycles. The molecule has 116 valence electrons. The van der Waals surface area contributed by atoms with Crippen molar-refractivity contribution < 1.29 is 37.0 Å². The summed E-state index contributed by atoms with van der Waals surface area (Å²) in [4.78, 5) is 34.0. The van der Waals surface area contributed by atoms with Crippen LogP contribution in [0.15, 0.2) is 0 Å². The summed E-state index contributed by atoms with van der Waals surface area (Å²) in [5.74, 6) is -2.77. The van der Waals surface area contributed by atoms with Crippen molar-refractivity contribution in [2.24, 2.45) is 0 Å². The predicted molar refractivity (Wildman–Crippen MR) is 60.5 cm³/mol. The Labute approximate surface area is 113 Å². The normalized spacial score (nSPS) is 12.5. The maximum absolute atomic E-state index is 12.7. The Morgan fingerprint density at radius 3 is 2.00 bits per heavy atom. The number of methoxy groups -OCH3 is 2. The van der Waals surface area contributed by atoms with Crippen LogP contribution in [0.3, 0.4) is 0 Å². The van der Waals surface area contributed by atoms with E-state index < -0.39 is 49.5 Å². The molecule has 6 nitrogen and oxygen atoms in total. The molecule has 0 N–H and O–H groups in total. The number of hydrogen-bond donors (Lipinski definition) is 0. The average Bonchev–Trinajstić information content (AvgIpc) is 2.36. The third-order valence-corrected chi connectivity index (χ3v) is 2.57. The van der Waals surface area contributed by atoms with Crippen LogP contribution in [0.2, 0.25) is 0 Å².